The van der Waals surface area contributed by atoms with Gasteiger partial charge < -0.3 is 5.73 Å². The van der Waals surface area contributed by atoms with E-state index in [1.165, 1.54) is 18.2 Å². The van der Waals surface area contributed by atoms with Crippen LogP contribution < -0.4 is 5.73 Å². The molecule has 0 amide bonds. The van der Waals surface area contributed by atoms with Gasteiger partial charge >= 0.3 is 0 Å². The van der Waals surface area contributed by atoms with Crippen molar-refractivity contribution in [2.24, 2.45) is 5.73 Å². The van der Waals surface area contributed by atoms with Crippen molar-refractivity contribution >= 4 is 15.9 Å². The summed E-state index contributed by atoms with van der Waals surface area (Å²) in [7, 11) is 0. The summed E-state index contributed by atoms with van der Waals surface area (Å²) < 4.78 is 40.8. The topological polar surface area (TPSA) is 26.0 Å². The van der Waals surface area contributed by atoms with Crippen LogP contribution in [0.2, 0.25) is 0 Å². The first-order valence-electron chi connectivity index (χ1n) is 5.63. The minimum absolute atomic E-state index is 0.135. The third-order valence-electron chi connectivity index (χ3n) is 2.84. The van der Waals surface area contributed by atoms with E-state index in [2.05, 4.69) is 15.9 Å². The standard InChI is InChI=1S/C14H11BrF3N/c15-14-8(3-1-6-11(14)18)7-12(19)13-9(16)4-2-5-10(13)17/h1-6,12H,7,19H2. The Labute approximate surface area is 117 Å². The Bertz CT molecular complexity index is 581. The minimum Gasteiger partial charge on any atom is -0.323 e. The van der Waals surface area contributed by atoms with E-state index in [0.717, 1.165) is 12.1 Å². The fraction of sp³-hybridized carbons (Fsp3) is 0.143. The van der Waals surface area contributed by atoms with Gasteiger partial charge in [0.2, 0.25) is 0 Å². The van der Waals surface area contributed by atoms with E-state index >= 15 is 0 Å². The summed E-state index contributed by atoms with van der Waals surface area (Å²) in [5.41, 5.74) is 6.21. The van der Waals surface area contributed by atoms with Gasteiger partial charge in [0, 0.05) is 11.6 Å². The van der Waals surface area contributed by atoms with Gasteiger partial charge in [0.05, 0.1) is 4.47 Å². The fourth-order valence-electron chi connectivity index (χ4n) is 1.91. The molecule has 0 spiro atoms. The van der Waals surface area contributed by atoms with Gasteiger partial charge in [0.1, 0.15) is 17.5 Å². The van der Waals surface area contributed by atoms with Crippen LogP contribution >= 0.6 is 15.9 Å². The van der Waals surface area contributed by atoms with Crippen molar-refractivity contribution in [3.63, 3.8) is 0 Å². The molecule has 0 aromatic heterocycles. The summed E-state index contributed by atoms with van der Waals surface area (Å²) in [6.07, 6.45) is 0.135. The fourth-order valence-corrected chi connectivity index (χ4v) is 2.34. The molecule has 100 valence electrons. The molecule has 0 bridgehead atoms. The quantitative estimate of drug-likeness (QED) is 0.901. The van der Waals surface area contributed by atoms with Gasteiger partial charge in [0.15, 0.2) is 0 Å². The highest BCUT2D eigenvalue weighted by atomic mass is 79.9. The third-order valence-corrected chi connectivity index (χ3v) is 3.73. The largest absolute Gasteiger partial charge is 0.323 e. The molecule has 19 heavy (non-hydrogen) atoms. The average molecular weight is 330 g/mol. The van der Waals surface area contributed by atoms with Crippen molar-refractivity contribution in [3.05, 3.63) is 69.4 Å². The van der Waals surface area contributed by atoms with E-state index in [-0.39, 0.29) is 16.5 Å². The number of nitrogens with two attached hydrogens (primary N) is 1. The molecular weight excluding hydrogens is 319 g/mol. The van der Waals surface area contributed by atoms with Crippen molar-refractivity contribution in [2.75, 3.05) is 0 Å². The SMILES string of the molecule is NC(Cc1cccc(F)c1Br)c1c(F)cccc1F. The first-order valence-corrected chi connectivity index (χ1v) is 6.42. The monoisotopic (exact) mass is 329 g/mol. The van der Waals surface area contributed by atoms with Crippen LogP contribution in [0.5, 0.6) is 0 Å². The van der Waals surface area contributed by atoms with Crippen LogP contribution in [0.4, 0.5) is 13.2 Å². The number of benzene rings is 2. The van der Waals surface area contributed by atoms with Gasteiger partial charge in [0.25, 0.3) is 0 Å². The number of hydrogen-bond donors (Lipinski definition) is 1. The van der Waals surface area contributed by atoms with Gasteiger partial charge in [-0.3, -0.25) is 0 Å². The van der Waals surface area contributed by atoms with E-state index in [1.807, 2.05) is 0 Å². The van der Waals surface area contributed by atoms with Crippen LogP contribution in [0.1, 0.15) is 17.2 Å². The van der Waals surface area contributed by atoms with E-state index in [1.54, 1.807) is 6.07 Å². The molecule has 2 N–H and O–H groups in total. The first kappa shape index (κ1) is 14.1. The molecule has 0 saturated carbocycles. The van der Waals surface area contributed by atoms with Gasteiger partial charge in [-0.2, -0.15) is 0 Å². The van der Waals surface area contributed by atoms with Gasteiger partial charge in [-0.05, 0) is 46.1 Å². The normalized spacial score (nSPS) is 12.5. The van der Waals surface area contributed by atoms with Crippen molar-refractivity contribution in [3.8, 4) is 0 Å². The Hall–Kier alpha value is -1.33. The van der Waals surface area contributed by atoms with Crippen LogP contribution in [0.25, 0.3) is 0 Å². The summed E-state index contributed by atoms with van der Waals surface area (Å²) in [5.74, 6) is -1.82. The highest BCUT2D eigenvalue weighted by Crippen LogP contribution is 2.27. The molecule has 1 nitrogen and oxygen atoms in total. The number of halogens is 4. The molecular formula is C14H11BrF3N. The van der Waals surface area contributed by atoms with Crippen molar-refractivity contribution in [2.45, 2.75) is 12.5 Å². The van der Waals surface area contributed by atoms with Crippen LogP contribution in [0, 0.1) is 17.5 Å². The molecule has 0 fully saturated rings. The Balaban J connectivity index is 2.31. The van der Waals surface area contributed by atoms with Crippen LogP contribution in [0.3, 0.4) is 0 Å². The van der Waals surface area contributed by atoms with Gasteiger partial charge in [-0.15, -0.1) is 0 Å². The molecule has 2 rings (SSSR count). The zero-order valence-electron chi connectivity index (χ0n) is 9.84. The van der Waals surface area contributed by atoms with Crippen LogP contribution in [-0.2, 0) is 6.42 Å². The first-order chi connectivity index (χ1) is 9.00. The highest BCUT2D eigenvalue weighted by Gasteiger charge is 2.18. The van der Waals surface area contributed by atoms with Crippen LogP contribution in [-0.4, -0.2) is 0 Å². The van der Waals surface area contributed by atoms with Crippen molar-refractivity contribution < 1.29 is 13.2 Å². The second kappa shape index (κ2) is 5.75. The van der Waals surface area contributed by atoms with Crippen molar-refractivity contribution in [1.82, 2.24) is 0 Å². The second-order valence-corrected chi connectivity index (χ2v) is 4.95. The third kappa shape index (κ3) is 2.98. The molecule has 1 atom stereocenters. The summed E-state index contributed by atoms with van der Waals surface area (Å²) in [4.78, 5) is 0. The number of rotatable bonds is 3. The molecule has 5 heteroatoms. The number of hydrogen-bond acceptors (Lipinski definition) is 1. The molecule has 2 aromatic rings. The Morgan fingerprint density at radius 3 is 2.11 bits per heavy atom. The molecule has 0 heterocycles. The second-order valence-electron chi connectivity index (χ2n) is 4.16. The lowest BCUT2D eigenvalue weighted by molar-refractivity contribution is 0.523. The lowest BCUT2D eigenvalue weighted by Gasteiger charge is -2.15. The zero-order chi connectivity index (χ0) is 14.0. The summed E-state index contributed by atoms with van der Waals surface area (Å²) in [5, 5.41) is 0. The summed E-state index contributed by atoms with van der Waals surface area (Å²) in [6, 6.07) is 7.19. The highest BCUT2D eigenvalue weighted by molar-refractivity contribution is 9.10. The maximum Gasteiger partial charge on any atom is 0.137 e. The van der Waals surface area contributed by atoms with E-state index < -0.39 is 23.5 Å². The predicted octanol–water partition coefficient (Wildman–Crippen LogP) is 4.11. The molecule has 0 saturated heterocycles. The molecule has 0 aliphatic heterocycles. The van der Waals surface area contributed by atoms with E-state index in [9.17, 15) is 13.2 Å². The minimum atomic E-state index is -0.876. The van der Waals surface area contributed by atoms with Gasteiger partial charge in [-0.1, -0.05) is 18.2 Å². The zero-order valence-corrected chi connectivity index (χ0v) is 11.4. The molecule has 0 aliphatic rings. The van der Waals surface area contributed by atoms with E-state index in [4.69, 9.17) is 5.73 Å². The average Bonchev–Trinajstić information content (AvgIpc) is 2.35. The Morgan fingerprint density at radius 1 is 0.947 bits per heavy atom. The maximum absolute atomic E-state index is 13.6. The van der Waals surface area contributed by atoms with E-state index in [0.29, 0.717) is 5.56 Å². The van der Waals surface area contributed by atoms with Crippen molar-refractivity contribution in [1.29, 1.82) is 0 Å². The van der Waals surface area contributed by atoms with Gasteiger partial charge in [-0.25, -0.2) is 13.2 Å². The summed E-state index contributed by atoms with van der Waals surface area (Å²) in [6.45, 7) is 0. The Kier molecular flexibility index (Phi) is 4.27. The van der Waals surface area contributed by atoms with Crippen LogP contribution in [0.15, 0.2) is 40.9 Å². The summed E-state index contributed by atoms with van der Waals surface area (Å²) >= 11 is 3.10. The smallest absolute Gasteiger partial charge is 0.137 e. The molecule has 1 unspecified atom stereocenters. The lowest BCUT2D eigenvalue weighted by Crippen LogP contribution is -2.17. The lowest BCUT2D eigenvalue weighted by atomic mass is 9.98. The molecule has 2 aromatic carbocycles. The Morgan fingerprint density at radius 2 is 1.47 bits per heavy atom. The predicted molar refractivity (Wildman–Crippen MR) is 71.1 cm³/mol. The molecule has 0 aliphatic carbocycles. The maximum atomic E-state index is 13.6. The molecule has 0 radical (unpaired) electrons.